The molecule has 1 fully saturated rings. The molecule has 3 aromatic carbocycles. The monoisotopic (exact) mass is 477 g/mol. The van der Waals surface area contributed by atoms with Gasteiger partial charge in [0.15, 0.2) is 0 Å². The number of likely N-dealkylation sites (tertiary alicyclic amines) is 1. The Bertz CT molecular complexity index is 1360. The third-order valence-corrected chi connectivity index (χ3v) is 6.66. The molecular weight excluding hydrogens is 451 g/mol. The second-order valence-electron chi connectivity index (χ2n) is 9.07. The molecule has 1 aromatic heterocycles. The molecule has 1 N–H and O–H groups in total. The highest BCUT2D eigenvalue weighted by molar-refractivity contribution is 5.92. The van der Waals surface area contributed by atoms with E-state index in [4.69, 9.17) is 0 Å². The first-order chi connectivity index (χ1) is 17.0. The summed E-state index contributed by atoms with van der Waals surface area (Å²) in [6, 6.07) is 20.1. The number of rotatable bonds is 6. The zero-order valence-corrected chi connectivity index (χ0v) is 19.2. The summed E-state index contributed by atoms with van der Waals surface area (Å²) in [5.74, 6) is -2.17. The molecule has 4 nitrogen and oxygen atoms in total. The van der Waals surface area contributed by atoms with E-state index in [1.54, 1.807) is 12.1 Å². The van der Waals surface area contributed by atoms with Crippen LogP contribution in [0.1, 0.15) is 24.1 Å². The van der Waals surface area contributed by atoms with Crippen LogP contribution in [0.4, 0.5) is 18.9 Å². The van der Waals surface area contributed by atoms with Gasteiger partial charge in [-0.3, -0.25) is 9.69 Å². The third-order valence-electron chi connectivity index (χ3n) is 6.66. The lowest BCUT2D eigenvalue weighted by Crippen LogP contribution is -2.38. The van der Waals surface area contributed by atoms with Crippen molar-refractivity contribution in [3.8, 4) is 0 Å². The van der Waals surface area contributed by atoms with E-state index in [-0.39, 0.29) is 23.3 Å². The molecule has 1 amide bonds. The van der Waals surface area contributed by atoms with Crippen molar-refractivity contribution in [3.63, 3.8) is 0 Å². The van der Waals surface area contributed by atoms with E-state index < -0.39 is 11.6 Å². The normalized spacial score (nSPS) is 14.9. The molecule has 2 heterocycles. The molecule has 0 atom stereocenters. The van der Waals surface area contributed by atoms with Crippen LogP contribution < -0.4 is 5.32 Å². The summed E-state index contributed by atoms with van der Waals surface area (Å²) in [4.78, 5) is 15.0. The lowest BCUT2D eigenvalue weighted by Gasteiger charge is -2.31. The van der Waals surface area contributed by atoms with E-state index in [1.165, 1.54) is 12.1 Å². The van der Waals surface area contributed by atoms with Gasteiger partial charge in [-0.05, 0) is 73.3 Å². The number of hydrogen-bond donors (Lipinski definition) is 1. The van der Waals surface area contributed by atoms with Gasteiger partial charge in [0.1, 0.15) is 17.5 Å². The van der Waals surface area contributed by atoms with Gasteiger partial charge >= 0.3 is 0 Å². The van der Waals surface area contributed by atoms with Crippen molar-refractivity contribution >= 4 is 22.5 Å². The Labute approximate surface area is 202 Å². The summed E-state index contributed by atoms with van der Waals surface area (Å²) < 4.78 is 43.0. The SMILES string of the molecule is O=C(Nc1ccc(F)cc1F)C1CCN(Cc2cc3ccccc3n2Cc2cccc(F)c2)CC1. The molecule has 1 saturated heterocycles. The van der Waals surface area contributed by atoms with Crippen LogP contribution in [-0.2, 0) is 17.9 Å². The first kappa shape index (κ1) is 23.2. The molecule has 0 aliphatic carbocycles. The van der Waals surface area contributed by atoms with Gasteiger partial charge in [-0.25, -0.2) is 13.2 Å². The second-order valence-corrected chi connectivity index (χ2v) is 9.07. The summed E-state index contributed by atoms with van der Waals surface area (Å²) in [6.07, 6.45) is 1.30. The summed E-state index contributed by atoms with van der Waals surface area (Å²) in [5.41, 5.74) is 3.13. The minimum atomic E-state index is -0.776. The first-order valence-corrected chi connectivity index (χ1v) is 11.8. The van der Waals surface area contributed by atoms with E-state index in [0.29, 0.717) is 25.9 Å². The van der Waals surface area contributed by atoms with Crippen molar-refractivity contribution in [1.29, 1.82) is 0 Å². The first-order valence-electron chi connectivity index (χ1n) is 11.8. The number of piperidine rings is 1. The summed E-state index contributed by atoms with van der Waals surface area (Å²) in [5, 5.41) is 3.73. The van der Waals surface area contributed by atoms with E-state index >= 15 is 0 Å². The van der Waals surface area contributed by atoms with E-state index in [0.717, 1.165) is 47.4 Å². The molecule has 4 aromatic rings. The third kappa shape index (κ3) is 5.25. The lowest BCUT2D eigenvalue weighted by atomic mass is 9.95. The Balaban J connectivity index is 1.26. The Morgan fingerprint density at radius 2 is 1.63 bits per heavy atom. The summed E-state index contributed by atoms with van der Waals surface area (Å²) in [6.45, 7) is 2.74. The zero-order valence-electron chi connectivity index (χ0n) is 19.2. The fourth-order valence-electron chi connectivity index (χ4n) is 4.81. The standard InChI is InChI=1S/C28H26F3N3O/c29-22-6-3-4-19(14-22)17-34-24(15-21-5-1-2-7-27(21)34)18-33-12-10-20(11-13-33)28(35)32-26-9-8-23(30)16-25(26)31/h1-9,14-16,20H,10-13,17-18H2,(H,32,35). The molecule has 7 heteroatoms. The molecule has 5 rings (SSSR count). The number of carbonyl (C=O) groups excluding carboxylic acids is 1. The molecule has 1 aliphatic rings. The fraction of sp³-hybridized carbons (Fsp3) is 0.250. The summed E-state index contributed by atoms with van der Waals surface area (Å²) >= 11 is 0. The van der Waals surface area contributed by atoms with E-state index in [9.17, 15) is 18.0 Å². The number of amides is 1. The Kier molecular flexibility index (Phi) is 6.59. The molecule has 180 valence electrons. The van der Waals surface area contributed by atoms with Crippen LogP contribution in [0.5, 0.6) is 0 Å². The maximum Gasteiger partial charge on any atom is 0.227 e. The molecular formula is C28H26F3N3O. The van der Waals surface area contributed by atoms with Gasteiger partial charge in [0, 0.05) is 36.3 Å². The number of nitrogens with one attached hydrogen (secondary N) is 1. The minimum absolute atomic E-state index is 0.000644. The number of nitrogens with zero attached hydrogens (tertiary/aromatic N) is 2. The zero-order chi connectivity index (χ0) is 24.4. The van der Waals surface area contributed by atoms with E-state index in [1.807, 2.05) is 18.2 Å². The summed E-state index contributed by atoms with van der Waals surface area (Å²) in [7, 11) is 0. The lowest BCUT2D eigenvalue weighted by molar-refractivity contribution is -0.121. The van der Waals surface area contributed by atoms with Crippen LogP contribution in [0.3, 0.4) is 0 Å². The predicted molar refractivity (Wildman–Crippen MR) is 130 cm³/mol. The number of carbonyl (C=O) groups is 1. The second kappa shape index (κ2) is 9.96. The minimum Gasteiger partial charge on any atom is -0.339 e. The number of anilines is 1. The molecule has 1 aliphatic heterocycles. The maximum absolute atomic E-state index is 13.9. The van der Waals surface area contributed by atoms with Crippen LogP contribution in [0, 0.1) is 23.4 Å². The maximum atomic E-state index is 13.9. The van der Waals surface area contributed by atoms with Gasteiger partial charge in [0.2, 0.25) is 5.91 Å². The average molecular weight is 478 g/mol. The number of benzene rings is 3. The van der Waals surface area contributed by atoms with Gasteiger partial charge in [0.25, 0.3) is 0 Å². The average Bonchev–Trinajstić information content (AvgIpc) is 3.18. The number of hydrogen-bond acceptors (Lipinski definition) is 2. The molecule has 35 heavy (non-hydrogen) atoms. The predicted octanol–water partition coefficient (Wildman–Crippen LogP) is 5.96. The quantitative estimate of drug-likeness (QED) is 0.372. The van der Waals surface area contributed by atoms with Gasteiger partial charge in [0.05, 0.1) is 5.69 Å². The molecule has 0 unspecified atom stereocenters. The van der Waals surface area contributed by atoms with Crippen molar-refractivity contribution < 1.29 is 18.0 Å². The highest BCUT2D eigenvalue weighted by atomic mass is 19.1. The molecule has 0 radical (unpaired) electrons. The number of para-hydroxylation sites is 1. The molecule has 0 spiro atoms. The van der Waals surface area contributed by atoms with Crippen molar-refractivity contribution in [2.75, 3.05) is 18.4 Å². The van der Waals surface area contributed by atoms with Crippen LogP contribution >= 0.6 is 0 Å². The van der Waals surface area contributed by atoms with Crippen LogP contribution in [0.25, 0.3) is 10.9 Å². The van der Waals surface area contributed by atoms with Crippen molar-refractivity contribution in [2.24, 2.45) is 5.92 Å². The highest BCUT2D eigenvalue weighted by Gasteiger charge is 2.26. The molecule has 0 saturated carbocycles. The number of halogens is 3. The van der Waals surface area contributed by atoms with Crippen LogP contribution in [0.2, 0.25) is 0 Å². The smallest absolute Gasteiger partial charge is 0.227 e. The van der Waals surface area contributed by atoms with Crippen molar-refractivity contribution in [3.05, 3.63) is 102 Å². The van der Waals surface area contributed by atoms with Crippen molar-refractivity contribution in [2.45, 2.75) is 25.9 Å². The van der Waals surface area contributed by atoms with E-state index in [2.05, 4.69) is 33.0 Å². The Hall–Kier alpha value is -3.58. The number of fused-ring (bicyclic) bond motifs is 1. The topological polar surface area (TPSA) is 37.3 Å². The highest BCUT2D eigenvalue weighted by Crippen LogP contribution is 2.26. The van der Waals surface area contributed by atoms with Gasteiger partial charge in [-0.1, -0.05) is 30.3 Å². The molecule has 0 bridgehead atoms. The van der Waals surface area contributed by atoms with Gasteiger partial charge in [-0.2, -0.15) is 0 Å². The van der Waals surface area contributed by atoms with Crippen molar-refractivity contribution in [1.82, 2.24) is 9.47 Å². The van der Waals surface area contributed by atoms with Gasteiger partial charge < -0.3 is 9.88 Å². The largest absolute Gasteiger partial charge is 0.339 e. The Morgan fingerprint density at radius 3 is 2.40 bits per heavy atom. The van der Waals surface area contributed by atoms with Gasteiger partial charge in [-0.15, -0.1) is 0 Å². The number of aromatic nitrogens is 1. The fourth-order valence-corrected chi connectivity index (χ4v) is 4.81. The van der Waals surface area contributed by atoms with Crippen LogP contribution in [-0.4, -0.2) is 28.5 Å². The van der Waals surface area contributed by atoms with Crippen LogP contribution in [0.15, 0.2) is 72.8 Å². The Morgan fingerprint density at radius 1 is 0.857 bits per heavy atom.